The lowest BCUT2D eigenvalue weighted by Crippen LogP contribution is -2.36. The molecule has 2 aliphatic rings. The van der Waals surface area contributed by atoms with E-state index in [2.05, 4.69) is 31.2 Å². The molecule has 4 N–H and O–H groups in total. The topological polar surface area (TPSA) is 139 Å². The second-order valence-electron chi connectivity index (χ2n) is 13.7. The summed E-state index contributed by atoms with van der Waals surface area (Å²) in [6.07, 6.45) is 0.903. The molecular formula is C40H40F3N7O4. The van der Waals surface area contributed by atoms with Crippen molar-refractivity contribution >= 4 is 17.5 Å². The molecule has 2 saturated heterocycles. The van der Waals surface area contributed by atoms with Gasteiger partial charge in [0, 0.05) is 80.2 Å². The van der Waals surface area contributed by atoms with Crippen LogP contribution in [0.25, 0.3) is 39.2 Å². The Hall–Kier alpha value is -5.60. The lowest BCUT2D eigenvalue weighted by Gasteiger charge is -2.20. The van der Waals surface area contributed by atoms with Crippen molar-refractivity contribution in [2.45, 2.75) is 64.0 Å². The molecule has 0 saturated carbocycles. The molecule has 0 radical (unpaired) electrons. The number of rotatable bonds is 12. The summed E-state index contributed by atoms with van der Waals surface area (Å²) in [5.41, 5.74) is 2.95. The highest BCUT2D eigenvalue weighted by molar-refractivity contribution is 5.84. The standard InChI is InChI=1S/C40H40F3N7O4/c1-23-29(24-15-16-50-34(17-24)46-20-26(39(50)53)19-45-22-28-11-14-36(52)48-28)5-3-6-30(23)31-7-4-8-32(37(31)40(41,42)43)33-12-9-25(38(49-33)54-2)18-44-21-27-10-13-35(51)47-27/h3-9,12,15-17,20,27-28,44-45H,10-11,13-14,18-19,21-22H2,1-2H3,(H,47,51)(H,48,52)/t27-,28+/m0/s1. The van der Waals surface area contributed by atoms with Crippen molar-refractivity contribution < 1.29 is 27.5 Å². The number of hydrogen-bond acceptors (Lipinski definition) is 8. The van der Waals surface area contributed by atoms with Gasteiger partial charge in [-0.05, 0) is 65.8 Å². The van der Waals surface area contributed by atoms with E-state index in [4.69, 9.17) is 4.74 Å². The number of nitrogens with one attached hydrogen (secondary N) is 4. The summed E-state index contributed by atoms with van der Waals surface area (Å²) >= 11 is 0. The number of ether oxygens (including phenoxy) is 1. The molecule has 54 heavy (non-hydrogen) atoms. The Balaban J connectivity index is 1.16. The number of alkyl halides is 3. The molecule has 2 aliphatic heterocycles. The molecular weight excluding hydrogens is 699 g/mol. The Bertz CT molecular complexity index is 2290. The van der Waals surface area contributed by atoms with Crippen molar-refractivity contribution in [1.29, 1.82) is 0 Å². The quantitative estimate of drug-likeness (QED) is 0.138. The summed E-state index contributed by atoms with van der Waals surface area (Å²) in [4.78, 5) is 45.3. The first kappa shape index (κ1) is 36.7. The molecule has 0 aliphatic carbocycles. The third-order valence-electron chi connectivity index (χ3n) is 10.1. The molecule has 5 aromatic rings. The van der Waals surface area contributed by atoms with Gasteiger partial charge in [-0.3, -0.25) is 18.8 Å². The van der Waals surface area contributed by atoms with E-state index < -0.39 is 11.7 Å². The zero-order valence-electron chi connectivity index (χ0n) is 29.8. The number of nitrogens with zero attached hydrogens (tertiary/aromatic N) is 3. The van der Waals surface area contributed by atoms with Gasteiger partial charge in [0.25, 0.3) is 5.56 Å². The normalized spacial score (nSPS) is 17.2. The molecule has 14 heteroatoms. The van der Waals surface area contributed by atoms with Gasteiger partial charge in [-0.2, -0.15) is 13.2 Å². The summed E-state index contributed by atoms with van der Waals surface area (Å²) in [6.45, 7) is 3.52. The van der Waals surface area contributed by atoms with Crippen molar-refractivity contribution in [3.05, 3.63) is 106 Å². The van der Waals surface area contributed by atoms with E-state index in [1.807, 2.05) is 6.07 Å². The van der Waals surface area contributed by atoms with Crippen LogP contribution in [0, 0.1) is 6.92 Å². The second-order valence-corrected chi connectivity index (χ2v) is 13.7. The predicted octanol–water partition coefficient (Wildman–Crippen LogP) is 5.16. The lowest BCUT2D eigenvalue weighted by atomic mass is 9.88. The van der Waals surface area contributed by atoms with Gasteiger partial charge in [0.1, 0.15) is 5.65 Å². The lowest BCUT2D eigenvalue weighted by molar-refractivity contribution is -0.136. The van der Waals surface area contributed by atoms with E-state index in [0.717, 1.165) is 12.8 Å². The third-order valence-corrected chi connectivity index (χ3v) is 10.1. The van der Waals surface area contributed by atoms with E-state index in [-0.39, 0.29) is 58.7 Å². The molecule has 5 heterocycles. The van der Waals surface area contributed by atoms with E-state index in [0.29, 0.717) is 71.5 Å². The molecule has 2 atom stereocenters. The summed E-state index contributed by atoms with van der Waals surface area (Å²) in [5.74, 6) is 0.254. The Morgan fingerprint density at radius 3 is 2.09 bits per heavy atom. The van der Waals surface area contributed by atoms with Crippen LogP contribution < -0.4 is 31.6 Å². The number of carbonyl (C=O) groups is 2. The first-order valence-electron chi connectivity index (χ1n) is 17.9. The van der Waals surface area contributed by atoms with E-state index in [9.17, 15) is 14.4 Å². The molecule has 280 valence electrons. The minimum absolute atomic E-state index is 0.00826. The maximum Gasteiger partial charge on any atom is 0.417 e. The molecule has 11 nitrogen and oxygen atoms in total. The van der Waals surface area contributed by atoms with Gasteiger partial charge in [-0.15, -0.1) is 0 Å². The second kappa shape index (κ2) is 15.4. The zero-order valence-corrected chi connectivity index (χ0v) is 29.8. The third kappa shape index (κ3) is 7.71. The fourth-order valence-electron chi connectivity index (χ4n) is 7.29. The van der Waals surface area contributed by atoms with Crippen LogP contribution >= 0.6 is 0 Å². The van der Waals surface area contributed by atoms with Crippen LogP contribution in [0.15, 0.2) is 77.9 Å². The van der Waals surface area contributed by atoms with Crippen LogP contribution in [0.4, 0.5) is 13.2 Å². The number of benzene rings is 2. The van der Waals surface area contributed by atoms with Crippen molar-refractivity contribution in [3.8, 4) is 39.4 Å². The number of carbonyl (C=O) groups excluding carboxylic acids is 2. The van der Waals surface area contributed by atoms with Crippen LogP contribution in [0.5, 0.6) is 5.88 Å². The van der Waals surface area contributed by atoms with Gasteiger partial charge in [-0.1, -0.05) is 42.5 Å². The largest absolute Gasteiger partial charge is 0.481 e. The van der Waals surface area contributed by atoms with Gasteiger partial charge in [0.05, 0.1) is 18.4 Å². The molecule has 7 rings (SSSR count). The van der Waals surface area contributed by atoms with Crippen LogP contribution in [0.1, 0.15) is 47.9 Å². The van der Waals surface area contributed by atoms with Crippen LogP contribution in [-0.2, 0) is 28.9 Å². The van der Waals surface area contributed by atoms with E-state index in [1.54, 1.807) is 55.6 Å². The summed E-state index contributed by atoms with van der Waals surface area (Å²) < 4.78 is 52.2. The maximum atomic E-state index is 15.1. The first-order valence-corrected chi connectivity index (χ1v) is 17.9. The summed E-state index contributed by atoms with van der Waals surface area (Å²) in [6, 6.07) is 16.5. The fraction of sp³-hybridized carbons (Fsp3) is 0.325. The summed E-state index contributed by atoms with van der Waals surface area (Å²) in [5, 5.41) is 12.3. The number of amides is 2. The van der Waals surface area contributed by atoms with E-state index >= 15 is 13.2 Å². The highest BCUT2D eigenvalue weighted by Gasteiger charge is 2.37. The van der Waals surface area contributed by atoms with Crippen molar-refractivity contribution in [3.63, 3.8) is 0 Å². The average Bonchev–Trinajstić information content (AvgIpc) is 3.78. The number of methoxy groups -OCH3 is 1. The minimum atomic E-state index is -4.72. The van der Waals surface area contributed by atoms with Gasteiger partial charge in [-0.25, -0.2) is 9.97 Å². The molecule has 0 unspecified atom stereocenters. The predicted molar refractivity (Wildman–Crippen MR) is 198 cm³/mol. The monoisotopic (exact) mass is 739 g/mol. The number of aromatic nitrogens is 3. The van der Waals surface area contributed by atoms with Gasteiger partial charge in [0.2, 0.25) is 17.7 Å². The average molecular weight is 740 g/mol. The first-order chi connectivity index (χ1) is 26.0. The molecule has 2 amide bonds. The smallest absolute Gasteiger partial charge is 0.417 e. The SMILES string of the molecule is COc1nc(-c2cccc(-c3cccc(-c4ccn5c(=O)c(CNC[C@H]6CCC(=O)N6)cnc5c4)c3C)c2C(F)(F)F)ccc1CNC[C@@H]1CCC(=O)N1. The van der Waals surface area contributed by atoms with Crippen molar-refractivity contribution in [1.82, 2.24) is 35.6 Å². The fourth-order valence-corrected chi connectivity index (χ4v) is 7.29. The Morgan fingerprint density at radius 1 is 0.833 bits per heavy atom. The molecule has 2 aromatic carbocycles. The van der Waals surface area contributed by atoms with Crippen molar-refractivity contribution in [2.24, 2.45) is 0 Å². The van der Waals surface area contributed by atoms with E-state index in [1.165, 1.54) is 29.8 Å². The number of halogens is 3. The van der Waals surface area contributed by atoms with Crippen LogP contribution in [0.2, 0.25) is 0 Å². The Kier molecular flexibility index (Phi) is 10.5. The van der Waals surface area contributed by atoms with Gasteiger partial charge in [0.15, 0.2) is 0 Å². The van der Waals surface area contributed by atoms with Crippen molar-refractivity contribution in [2.75, 3.05) is 20.2 Å². The molecule has 0 bridgehead atoms. The highest BCUT2D eigenvalue weighted by atomic mass is 19.4. The van der Waals surface area contributed by atoms with Crippen LogP contribution in [0.3, 0.4) is 0 Å². The number of pyridine rings is 2. The Morgan fingerprint density at radius 2 is 1.46 bits per heavy atom. The van der Waals surface area contributed by atoms with Crippen LogP contribution in [-0.4, -0.2) is 58.5 Å². The zero-order chi connectivity index (χ0) is 38.0. The minimum Gasteiger partial charge on any atom is -0.481 e. The molecule has 2 fully saturated rings. The summed E-state index contributed by atoms with van der Waals surface area (Å²) in [7, 11) is 1.43. The van der Waals surface area contributed by atoms with Gasteiger partial charge >= 0.3 is 6.18 Å². The van der Waals surface area contributed by atoms with Gasteiger partial charge < -0.3 is 26.0 Å². The maximum absolute atomic E-state index is 15.1. The molecule has 3 aromatic heterocycles. The molecule has 0 spiro atoms. The highest BCUT2D eigenvalue weighted by Crippen LogP contribution is 2.45. The Labute approximate surface area is 309 Å². The number of fused-ring (bicyclic) bond motifs is 1. The number of hydrogen-bond donors (Lipinski definition) is 4.